The summed E-state index contributed by atoms with van der Waals surface area (Å²) in [5.41, 5.74) is 3.49. The van der Waals surface area contributed by atoms with Gasteiger partial charge in [-0.05, 0) is 51.3 Å². The predicted molar refractivity (Wildman–Crippen MR) is 71.4 cm³/mol. The highest BCUT2D eigenvalue weighted by molar-refractivity contribution is 7.91. The fraction of sp³-hybridized carbons (Fsp3) is 0.462. The van der Waals surface area contributed by atoms with Crippen LogP contribution in [-0.2, 0) is 11.4 Å². The topological polar surface area (TPSA) is 35.4 Å². The van der Waals surface area contributed by atoms with Gasteiger partial charge in [0.05, 0.1) is 6.21 Å². The number of hydrogen-bond donors (Lipinski definition) is 0. The molecule has 3 heteroatoms. The first-order valence-electron chi connectivity index (χ1n) is 5.34. The zero-order chi connectivity index (χ0) is 12.3. The van der Waals surface area contributed by atoms with Crippen molar-refractivity contribution in [1.82, 2.24) is 0 Å². The van der Waals surface area contributed by atoms with Gasteiger partial charge in [0.1, 0.15) is 16.1 Å². The van der Waals surface area contributed by atoms with Crippen molar-refractivity contribution in [2.75, 3.05) is 0 Å². The first-order valence-corrected chi connectivity index (χ1v) is 6.45. The number of aryl methyl sites for hydroxylation is 2. The predicted octanol–water partition coefficient (Wildman–Crippen LogP) is 3.18. The number of nitrogens with zero attached hydrogens (tertiary/aromatic N) is 1. The summed E-state index contributed by atoms with van der Waals surface area (Å²) >= 11 is -1.18. The minimum atomic E-state index is -1.18. The van der Waals surface area contributed by atoms with Crippen molar-refractivity contribution in [3.05, 3.63) is 34.9 Å². The van der Waals surface area contributed by atoms with Crippen molar-refractivity contribution in [3.63, 3.8) is 0 Å². The maximum Gasteiger partial charge on any atom is 0.144 e. The van der Waals surface area contributed by atoms with Gasteiger partial charge in [0, 0.05) is 0 Å². The quantitative estimate of drug-likeness (QED) is 0.574. The Morgan fingerprint density at radius 1 is 1.19 bits per heavy atom. The molecule has 0 fully saturated rings. The zero-order valence-corrected chi connectivity index (χ0v) is 11.4. The molecule has 0 saturated heterocycles. The van der Waals surface area contributed by atoms with Gasteiger partial charge in [-0.2, -0.15) is 0 Å². The lowest BCUT2D eigenvalue weighted by Crippen LogP contribution is -2.25. The second kappa shape index (κ2) is 5.02. The summed E-state index contributed by atoms with van der Waals surface area (Å²) in [5, 5.41) is 0. The average Bonchev–Trinajstić information content (AvgIpc) is 2.18. The molecule has 0 spiro atoms. The summed E-state index contributed by atoms with van der Waals surface area (Å²) in [6.45, 7) is 9.89. The summed E-state index contributed by atoms with van der Waals surface area (Å²) in [5.74, 6) is 0. The van der Waals surface area contributed by atoms with Crippen LogP contribution < -0.4 is 0 Å². The first kappa shape index (κ1) is 13.3. The Balaban J connectivity index is 2.81. The highest BCUT2D eigenvalue weighted by Crippen LogP contribution is 2.17. The largest absolute Gasteiger partial charge is 0.591 e. The SMILES string of the molecule is Cc1ccc(/C=N/[S+]([O-])C(C)(C)C)cc1C. The number of benzene rings is 1. The molecule has 1 unspecified atom stereocenters. The molecule has 0 radical (unpaired) electrons. The van der Waals surface area contributed by atoms with E-state index in [4.69, 9.17) is 0 Å². The van der Waals surface area contributed by atoms with Gasteiger partial charge in [0.15, 0.2) is 0 Å². The molecule has 0 aliphatic carbocycles. The summed E-state index contributed by atoms with van der Waals surface area (Å²) in [7, 11) is 0. The first-order chi connectivity index (χ1) is 7.30. The molecule has 0 heterocycles. The van der Waals surface area contributed by atoms with Gasteiger partial charge in [-0.1, -0.05) is 22.6 Å². The highest BCUT2D eigenvalue weighted by atomic mass is 32.2. The fourth-order valence-electron chi connectivity index (χ4n) is 1.11. The van der Waals surface area contributed by atoms with Crippen LogP contribution in [0.2, 0.25) is 0 Å². The second-order valence-corrected chi connectivity index (χ2v) is 6.87. The van der Waals surface area contributed by atoms with E-state index in [2.05, 4.69) is 30.4 Å². The molecular weight excluding hydrogens is 218 g/mol. The fourth-order valence-corrected chi connectivity index (χ4v) is 1.65. The van der Waals surface area contributed by atoms with E-state index in [1.807, 2.05) is 26.8 Å². The van der Waals surface area contributed by atoms with Crippen LogP contribution in [0.1, 0.15) is 37.5 Å². The molecule has 2 nitrogen and oxygen atoms in total. The lowest BCUT2D eigenvalue weighted by atomic mass is 10.1. The van der Waals surface area contributed by atoms with Crippen LogP contribution in [0, 0.1) is 13.8 Å². The maximum absolute atomic E-state index is 11.7. The van der Waals surface area contributed by atoms with Gasteiger partial charge >= 0.3 is 0 Å². The van der Waals surface area contributed by atoms with Gasteiger partial charge in [0.25, 0.3) is 0 Å². The third kappa shape index (κ3) is 3.65. The Kier molecular flexibility index (Phi) is 4.16. The molecule has 0 amide bonds. The molecule has 1 aromatic carbocycles. The van der Waals surface area contributed by atoms with Crippen LogP contribution in [0.3, 0.4) is 0 Å². The molecule has 0 bridgehead atoms. The summed E-state index contributed by atoms with van der Waals surface area (Å²) < 4.78 is 15.5. The van der Waals surface area contributed by atoms with Gasteiger partial charge in [-0.3, -0.25) is 0 Å². The third-order valence-electron chi connectivity index (χ3n) is 2.35. The Hall–Kier alpha value is -0.800. The van der Waals surface area contributed by atoms with Crippen LogP contribution >= 0.6 is 0 Å². The van der Waals surface area contributed by atoms with E-state index in [0.717, 1.165) is 5.56 Å². The Labute approximate surface area is 101 Å². The Bertz CT molecular complexity index is 393. The highest BCUT2D eigenvalue weighted by Gasteiger charge is 2.25. The minimum absolute atomic E-state index is 0.295. The van der Waals surface area contributed by atoms with E-state index in [9.17, 15) is 4.55 Å². The van der Waals surface area contributed by atoms with E-state index < -0.39 is 11.4 Å². The minimum Gasteiger partial charge on any atom is -0.591 e. The molecule has 1 atom stereocenters. The lowest BCUT2D eigenvalue weighted by Gasteiger charge is -2.17. The monoisotopic (exact) mass is 237 g/mol. The smallest absolute Gasteiger partial charge is 0.144 e. The van der Waals surface area contributed by atoms with Gasteiger partial charge in [-0.25, -0.2) is 0 Å². The van der Waals surface area contributed by atoms with Gasteiger partial charge in [-0.15, -0.1) is 0 Å². The summed E-state index contributed by atoms with van der Waals surface area (Å²) in [4.78, 5) is 0. The molecule has 1 rings (SSSR count). The molecule has 0 N–H and O–H groups in total. The van der Waals surface area contributed by atoms with Gasteiger partial charge < -0.3 is 4.55 Å². The molecule has 16 heavy (non-hydrogen) atoms. The van der Waals surface area contributed by atoms with Crippen LogP contribution in [0.15, 0.2) is 22.6 Å². The standard InChI is InChI=1S/C13H19NOS/c1-10-6-7-12(8-11(10)2)9-14-16(15)13(3,4)5/h6-9H,1-5H3/b14-9+. The molecule has 1 aromatic rings. The molecule has 0 saturated carbocycles. The average molecular weight is 237 g/mol. The molecular formula is C13H19NOS. The van der Waals surface area contributed by atoms with Crippen molar-refractivity contribution in [1.29, 1.82) is 0 Å². The molecule has 0 aliphatic rings. The van der Waals surface area contributed by atoms with Crippen molar-refractivity contribution < 1.29 is 4.55 Å². The van der Waals surface area contributed by atoms with Crippen molar-refractivity contribution in [3.8, 4) is 0 Å². The van der Waals surface area contributed by atoms with E-state index in [1.165, 1.54) is 11.1 Å². The van der Waals surface area contributed by atoms with E-state index in [-0.39, 0.29) is 4.75 Å². The van der Waals surface area contributed by atoms with E-state index in [0.29, 0.717) is 0 Å². The van der Waals surface area contributed by atoms with E-state index >= 15 is 0 Å². The van der Waals surface area contributed by atoms with Crippen LogP contribution in [-0.4, -0.2) is 15.5 Å². The van der Waals surface area contributed by atoms with Crippen molar-refractivity contribution in [2.24, 2.45) is 4.40 Å². The summed E-state index contributed by atoms with van der Waals surface area (Å²) in [6, 6.07) is 6.10. The van der Waals surface area contributed by atoms with Crippen molar-refractivity contribution >= 4 is 17.6 Å². The van der Waals surface area contributed by atoms with Crippen LogP contribution in [0.25, 0.3) is 0 Å². The molecule has 0 aliphatic heterocycles. The maximum atomic E-state index is 11.7. The van der Waals surface area contributed by atoms with Crippen molar-refractivity contribution in [2.45, 2.75) is 39.4 Å². The second-order valence-electron chi connectivity index (χ2n) is 4.94. The summed E-state index contributed by atoms with van der Waals surface area (Å²) in [6.07, 6.45) is 1.69. The zero-order valence-electron chi connectivity index (χ0n) is 10.6. The Morgan fingerprint density at radius 2 is 1.81 bits per heavy atom. The molecule has 88 valence electrons. The lowest BCUT2D eigenvalue weighted by molar-refractivity contribution is 0.562. The van der Waals surface area contributed by atoms with Crippen LogP contribution in [0.5, 0.6) is 0 Å². The van der Waals surface area contributed by atoms with E-state index in [1.54, 1.807) is 6.21 Å². The molecule has 0 aromatic heterocycles. The van der Waals surface area contributed by atoms with Gasteiger partial charge in [0.2, 0.25) is 0 Å². The Morgan fingerprint density at radius 3 is 2.31 bits per heavy atom. The number of hydrogen-bond acceptors (Lipinski definition) is 2. The number of rotatable bonds is 2. The van der Waals surface area contributed by atoms with Crippen LogP contribution in [0.4, 0.5) is 0 Å². The third-order valence-corrected chi connectivity index (χ3v) is 3.70. The normalized spacial score (nSPS) is 14.4.